The number of hydrogen-bond donors (Lipinski definition) is 3. The Morgan fingerprint density at radius 2 is 1.89 bits per heavy atom. The van der Waals surface area contributed by atoms with Gasteiger partial charge in [0, 0.05) is 34.3 Å². The average Bonchev–Trinajstić information content (AvgIpc) is 3.69. The van der Waals surface area contributed by atoms with Crippen molar-refractivity contribution in [1.82, 2.24) is 44.6 Å². The first-order valence-corrected chi connectivity index (χ1v) is 15.4. The summed E-state index contributed by atoms with van der Waals surface area (Å²) >= 11 is 12.3. The molecule has 1 aromatic carbocycles. The number of aromatic nitrogens is 10. The molecule has 16 heteroatoms. The van der Waals surface area contributed by atoms with Gasteiger partial charge in [-0.2, -0.15) is 10.1 Å². The number of fused-ring (bicyclic) bond motifs is 4. The molecule has 6 aromatic rings. The van der Waals surface area contributed by atoms with Crippen LogP contribution in [0.5, 0.6) is 0 Å². The molecule has 0 fully saturated rings. The van der Waals surface area contributed by atoms with Gasteiger partial charge in [0.25, 0.3) is 11.2 Å². The van der Waals surface area contributed by atoms with Crippen LogP contribution in [0.2, 0.25) is 10.2 Å². The van der Waals surface area contributed by atoms with E-state index in [1.54, 1.807) is 46.0 Å². The number of pyridine rings is 1. The van der Waals surface area contributed by atoms with Crippen molar-refractivity contribution in [2.75, 3.05) is 5.32 Å². The number of hydrogen-bond acceptors (Lipinski definition) is 8. The highest BCUT2D eigenvalue weighted by atomic mass is 35.5. The van der Waals surface area contributed by atoms with Crippen LogP contribution in [0.25, 0.3) is 33.9 Å². The fourth-order valence-electron chi connectivity index (χ4n) is 5.61. The number of anilines is 1. The summed E-state index contributed by atoms with van der Waals surface area (Å²) in [6.07, 6.45) is 11.2. The topological polar surface area (TPSA) is 173 Å². The van der Waals surface area contributed by atoms with Crippen LogP contribution in [-0.2, 0) is 4.79 Å². The van der Waals surface area contributed by atoms with Gasteiger partial charge in [-0.1, -0.05) is 46.4 Å². The number of benzene rings is 1. The summed E-state index contributed by atoms with van der Waals surface area (Å²) in [7, 11) is 0. The number of rotatable bonds is 4. The van der Waals surface area contributed by atoms with Crippen LogP contribution in [0.4, 0.5) is 5.69 Å². The molecule has 47 heavy (non-hydrogen) atoms. The lowest BCUT2D eigenvalue weighted by Gasteiger charge is -2.21. The van der Waals surface area contributed by atoms with Crippen molar-refractivity contribution < 1.29 is 9.48 Å². The molecular weight excluding hydrogens is 645 g/mol. The van der Waals surface area contributed by atoms with Gasteiger partial charge in [0.15, 0.2) is 5.15 Å². The lowest BCUT2D eigenvalue weighted by molar-refractivity contribution is -0.654. The van der Waals surface area contributed by atoms with Crippen molar-refractivity contribution in [2.24, 2.45) is 5.92 Å². The van der Waals surface area contributed by atoms with Gasteiger partial charge in [0.2, 0.25) is 12.1 Å². The van der Waals surface area contributed by atoms with Crippen LogP contribution in [0.1, 0.15) is 37.9 Å². The summed E-state index contributed by atoms with van der Waals surface area (Å²) in [5, 5.41) is 14.9. The van der Waals surface area contributed by atoms with E-state index in [0.717, 1.165) is 5.56 Å². The van der Waals surface area contributed by atoms with Gasteiger partial charge in [-0.3, -0.25) is 19.1 Å². The number of H-pyrrole nitrogens is 2. The molecule has 5 aromatic heterocycles. The third-order valence-corrected chi connectivity index (χ3v) is 8.45. The molecule has 0 unspecified atom stereocenters. The molecule has 6 heterocycles. The molecule has 236 valence electrons. The molecule has 14 nitrogen and oxygen atoms in total. The third kappa shape index (κ3) is 6.07. The van der Waals surface area contributed by atoms with Crippen molar-refractivity contribution in [2.45, 2.75) is 32.2 Å². The molecule has 2 bridgehead atoms. The Labute approximate surface area is 276 Å². The number of aromatic amines is 2. The molecule has 1 amide bonds. The van der Waals surface area contributed by atoms with Crippen LogP contribution in [0.15, 0.2) is 83.3 Å². The van der Waals surface area contributed by atoms with Crippen LogP contribution in [0, 0.1) is 5.92 Å². The number of amides is 1. The number of carbonyl (C=O) groups is 1. The molecule has 0 saturated heterocycles. The Kier molecular flexibility index (Phi) is 7.95. The van der Waals surface area contributed by atoms with Crippen molar-refractivity contribution >= 4 is 34.8 Å². The number of nitrogens with zero attached hydrogens (tertiary/aromatic N) is 8. The normalized spacial score (nSPS) is 16.5. The average molecular weight is 672 g/mol. The Hall–Kier alpha value is -5.47. The largest absolute Gasteiger partial charge is 0.345 e. The van der Waals surface area contributed by atoms with E-state index in [4.69, 9.17) is 23.2 Å². The standard InChI is InChI=1S/C31H25Cl2N11O3/c1-17-3-2-4-26(42-16-37-22(11-28(42)45)21-10-19(32)5-6-25(21)44-15-27(33)39-41-44)23-9-18(7-8-34-23)29-24(38-30(17)46)14-43(40-29)20-12-35-31(47)36-13-20/h5-17,26H,2-4H2,1H3,(H2,35,36,38,46,47)/p+1/t17-,26+/m1/s1. The van der Waals surface area contributed by atoms with Crippen LogP contribution < -0.4 is 21.2 Å². The quantitative estimate of drug-likeness (QED) is 0.237. The summed E-state index contributed by atoms with van der Waals surface area (Å²) in [5.41, 5.74) is 3.89. The minimum atomic E-state index is -0.474. The van der Waals surface area contributed by atoms with Gasteiger partial charge in [0.1, 0.15) is 17.6 Å². The third-order valence-electron chi connectivity index (χ3n) is 8.05. The maximum atomic E-state index is 13.8. The second-order valence-electron chi connectivity index (χ2n) is 11.1. The molecule has 0 radical (unpaired) electrons. The van der Waals surface area contributed by atoms with Crippen molar-refractivity contribution in [1.29, 1.82) is 0 Å². The second kappa shape index (κ2) is 12.4. The summed E-state index contributed by atoms with van der Waals surface area (Å²) in [5.74, 6) is -0.450. The molecule has 0 saturated carbocycles. The van der Waals surface area contributed by atoms with Gasteiger partial charge >= 0.3 is 5.69 Å². The maximum Gasteiger partial charge on any atom is 0.345 e. The fourth-order valence-corrected chi connectivity index (χ4v) is 5.91. The van der Waals surface area contributed by atoms with E-state index < -0.39 is 11.7 Å². The highest BCUT2D eigenvalue weighted by Gasteiger charge is 2.26. The first-order chi connectivity index (χ1) is 22.7. The first kappa shape index (κ1) is 30.2. The number of nitrogens with one attached hydrogen (secondary N) is 3. The van der Waals surface area contributed by atoms with Crippen LogP contribution in [-0.4, -0.2) is 50.5 Å². The van der Waals surface area contributed by atoms with Gasteiger partial charge in [-0.05, 0) is 43.2 Å². The Balaban J connectivity index is 1.31. The predicted octanol–water partition coefficient (Wildman–Crippen LogP) is 3.90. The van der Waals surface area contributed by atoms with Crippen LogP contribution >= 0.6 is 23.2 Å². The Morgan fingerprint density at radius 1 is 1.02 bits per heavy atom. The van der Waals surface area contributed by atoms with Gasteiger partial charge in [0.05, 0.1) is 41.8 Å². The second-order valence-corrected chi connectivity index (χ2v) is 12.0. The van der Waals surface area contributed by atoms with E-state index in [2.05, 4.69) is 40.7 Å². The lowest BCUT2D eigenvalue weighted by atomic mass is 9.97. The minimum absolute atomic E-state index is 0.141. The summed E-state index contributed by atoms with van der Waals surface area (Å²) < 4.78 is 4.71. The zero-order valence-electron chi connectivity index (χ0n) is 24.8. The van der Waals surface area contributed by atoms with Crippen molar-refractivity contribution in [3.63, 3.8) is 0 Å². The van der Waals surface area contributed by atoms with Gasteiger partial charge < -0.3 is 10.3 Å². The molecule has 3 N–H and O–H groups in total. The number of halogens is 2. The summed E-state index contributed by atoms with van der Waals surface area (Å²) in [6.45, 7) is 1.87. The van der Waals surface area contributed by atoms with E-state index in [0.29, 0.717) is 64.0 Å². The molecule has 7 rings (SSSR count). The lowest BCUT2D eigenvalue weighted by Crippen LogP contribution is -2.33. The zero-order chi connectivity index (χ0) is 32.7. The highest BCUT2D eigenvalue weighted by Crippen LogP contribution is 2.32. The molecule has 2 atom stereocenters. The molecule has 1 aliphatic heterocycles. The van der Waals surface area contributed by atoms with Crippen LogP contribution in [0.3, 0.4) is 0 Å². The van der Waals surface area contributed by atoms with Gasteiger partial charge in [-0.25, -0.2) is 14.5 Å². The minimum Gasteiger partial charge on any atom is -0.319 e. The first-order valence-electron chi connectivity index (χ1n) is 14.7. The predicted molar refractivity (Wildman–Crippen MR) is 173 cm³/mol. The van der Waals surface area contributed by atoms with Crippen molar-refractivity contribution in [3.05, 3.63) is 110 Å². The Bertz CT molecular complexity index is 2240. The SMILES string of the molecule is C[C@@H]1CCC[C@H](n2cnc(-c3cc(Cl)ccc3-n3cc(Cl)nn3)cc2=O)c2cc(ccn2)-c2[nH][n+](-c3cnc(=O)[nH]c3)cc2NC1=O. The van der Waals surface area contributed by atoms with Crippen molar-refractivity contribution in [3.8, 4) is 33.9 Å². The fraction of sp³-hybridized carbons (Fsp3) is 0.194. The molecule has 0 aliphatic carbocycles. The van der Waals surface area contributed by atoms with E-state index >= 15 is 0 Å². The van der Waals surface area contributed by atoms with Gasteiger partial charge in [-0.15, -0.1) is 5.10 Å². The zero-order valence-corrected chi connectivity index (χ0v) is 26.3. The smallest absolute Gasteiger partial charge is 0.319 e. The summed E-state index contributed by atoms with van der Waals surface area (Å²) in [4.78, 5) is 54.3. The highest BCUT2D eigenvalue weighted by molar-refractivity contribution is 6.31. The van der Waals surface area contributed by atoms with E-state index in [1.165, 1.54) is 29.5 Å². The van der Waals surface area contributed by atoms with E-state index in [1.807, 2.05) is 19.1 Å². The number of carbonyl (C=O) groups excluding carboxylic acids is 1. The van der Waals surface area contributed by atoms with E-state index in [9.17, 15) is 14.4 Å². The molecule has 1 aliphatic rings. The maximum absolute atomic E-state index is 13.8. The summed E-state index contributed by atoms with van der Waals surface area (Å²) in [6, 6.07) is 9.84. The molecular formula is C31H26Cl2N11O3+. The monoisotopic (exact) mass is 670 g/mol. The Morgan fingerprint density at radius 3 is 2.66 bits per heavy atom. The molecule has 0 spiro atoms. The van der Waals surface area contributed by atoms with E-state index in [-0.39, 0.29) is 22.5 Å².